The summed E-state index contributed by atoms with van der Waals surface area (Å²) in [6, 6.07) is 10.0. The van der Waals surface area contributed by atoms with Crippen LogP contribution in [0.4, 0.5) is 4.39 Å². The third-order valence-corrected chi connectivity index (χ3v) is 3.18. The first-order valence-corrected chi connectivity index (χ1v) is 6.33. The van der Waals surface area contributed by atoms with Crippen molar-refractivity contribution in [3.63, 3.8) is 0 Å². The van der Waals surface area contributed by atoms with Gasteiger partial charge in [-0.2, -0.15) is 0 Å². The van der Waals surface area contributed by atoms with Crippen molar-refractivity contribution < 1.29 is 13.9 Å². The molecule has 2 aromatic rings. The summed E-state index contributed by atoms with van der Waals surface area (Å²) in [6.07, 6.45) is 0. The molecule has 0 radical (unpaired) electrons. The van der Waals surface area contributed by atoms with Crippen molar-refractivity contribution >= 4 is 0 Å². The van der Waals surface area contributed by atoms with Crippen LogP contribution in [-0.4, -0.2) is 14.2 Å². The normalized spacial score (nSPS) is 12.1. The molecule has 0 amide bonds. The van der Waals surface area contributed by atoms with E-state index in [2.05, 4.69) is 0 Å². The first-order chi connectivity index (χ1) is 9.55. The number of halogens is 1. The molecule has 0 saturated heterocycles. The lowest BCUT2D eigenvalue weighted by atomic mass is 9.99. The fraction of sp³-hybridized carbons (Fsp3) is 0.250. The maximum Gasteiger partial charge on any atom is 0.131 e. The zero-order chi connectivity index (χ0) is 14.7. The molecule has 3 nitrogen and oxygen atoms in total. The summed E-state index contributed by atoms with van der Waals surface area (Å²) in [6.45, 7) is 1.86. The first-order valence-electron chi connectivity index (χ1n) is 6.33. The summed E-state index contributed by atoms with van der Waals surface area (Å²) in [4.78, 5) is 0. The van der Waals surface area contributed by atoms with Crippen molar-refractivity contribution in [3.05, 3.63) is 47.8 Å². The molecule has 0 bridgehead atoms. The summed E-state index contributed by atoms with van der Waals surface area (Å²) in [5, 5.41) is 0. The SMILES string of the molecule is COc1cc(OC)cc(-c2cc(C(C)N)ccc2F)c1. The van der Waals surface area contributed by atoms with E-state index in [1.165, 1.54) is 6.07 Å². The number of benzene rings is 2. The second-order valence-corrected chi connectivity index (χ2v) is 4.63. The van der Waals surface area contributed by atoms with Gasteiger partial charge in [0.2, 0.25) is 0 Å². The fourth-order valence-corrected chi connectivity index (χ4v) is 2.01. The largest absolute Gasteiger partial charge is 0.497 e. The van der Waals surface area contributed by atoms with E-state index in [-0.39, 0.29) is 11.9 Å². The van der Waals surface area contributed by atoms with Crippen LogP contribution in [0.5, 0.6) is 11.5 Å². The minimum Gasteiger partial charge on any atom is -0.497 e. The topological polar surface area (TPSA) is 44.5 Å². The standard InChI is InChI=1S/C16H18FNO2/c1-10(18)11-4-5-16(17)15(8-11)12-6-13(19-2)9-14(7-12)20-3/h4-10H,18H2,1-3H3. The highest BCUT2D eigenvalue weighted by molar-refractivity contribution is 5.68. The monoisotopic (exact) mass is 275 g/mol. The van der Waals surface area contributed by atoms with Crippen LogP contribution in [0.2, 0.25) is 0 Å². The molecule has 0 fully saturated rings. The summed E-state index contributed by atoms with van der Waals surface area (Å²) >= 11 is 0. The summed E-state index contributed by atoms with van der Waals surface area (Å²) in [7, 11) is 3.13. The van der Waals surface area contributed by atoms with Gasteiger partial charge in [0.25, 0.3) is 0 Å². The number of nitrogens with two attached hydrogens (primary N) is 1. The van der Waals surface area contributed by atoms with Gasteiger partial charge in [-0.25, -0.2) is 4.39 Å². The van der Waals surface area contributed by atoms with Crippen molar-refractivity contribution in [2.75, 3.05) is 14.2 Å². The zero-order valence-electron chi connectivity index (χ0n) is 11.8. The van der Waals surface area contributed by atoms with Gasteiger partial charge < -0.3 is 15.2 Å². The summed E-state index contributed by atoms with van der Waals surface area (Å²) in [5.74, 6) is 0.930. The second-order valence-electron chi connectivity index (χ2n) is 4.63. The number of ether oxygens (including phenoxy) is 2. The van der Waals surface area contributed by atoms with Crippen LogP contribution in [0, 0.1) is 5.82 Å². The maximum atomic E-state index is 14.1. The fourth-order valence-electron chi connectivity index (χ4n) is 2.01. The molecular weight excluding hydrogens is 257 g/mol. The summed E-state index contributed by atoms with van der Waals surface area (Å²) < 4.78 is 24.5. The number of methoxy groups -OCH3 is 2. The predicted octanol–water partition coefficient (Wildman–Crippen LogP) is 3.53. The molecule has 2 rings (SSSR count). The van der Waals surface area contributed by atoms with Crippen LogP contribution >= 0.6 is 0 Å². The molecule has 1 unspecified atom stereocenters. The van der Waals surface area contributed by atoms with Crippen LogP contribution in [0.15, 0.2) is 36.4 Å². The van der Waals surface area contributed by atoms with E-state index in [0.717, 1.165) is 5.56 Å². The van der Waals surface area contributed by atoms with Gasteiger partial charge >= 0.3 is 0 Å². The van der Waals surface area contributed by atoms with E-state index < -0.39 is 0 Å². The van der Waals surface area contributed by atoms with E-state index in [9.17, 15) is 4.39 Å². The molecule has 4 heteroatoms. The van der Waals surface area contributed by atoms with Gasteiger partial charge in [-0.05, 0) is 42.3 Å². The van der Waals surface area contributed by atoms with Crippen molar-refractivity contribution in [2.45, 2.75) is 13.0 Å². The predicted molar refractivity (Wildman–Crippen MR) is 77.5 cm³/mol. The molecule has 20 heavy (non-hydrogen) atoms. The minimum absolute atomic E-state index is 0.151. The molecular formula is C16H18FNO2. The van der Waals surface area contributed by atoms with Crippen molar-refractivity contribution in [1.82, 2.24) is 0 Å². The number of hydrogen-bond acceptors (Lipinski definition) is 3. The molecule has 0 aliphatic carbocycles. The van der Waals surface area contributed by atoms with Gasteiger partial charge in [0.1, 0.15) is 17.3 Å². The van der Waals surface area contributed by atoms with Gasteiger partial charge in [-0.15, -0.1) is 0 Å². The lowest BCUT2D eigenvalue weighted by Crippen LogP contribution is -2.05. The van der Waals surface area contributed by atoms with Crippen LogP contribution < -0.4 is 15.2 Å². The maximum absolute atomic E-state index is 14.1. The molecule has 0 aliphatic rings. The Labute approximate surface area is 118 Å². The molecule has 2 N–H and O–H groups in total. The van der Waals surface area contributed by atoms with Crippen molar-refractivity contribution in [3.8, 4) is 22.6 Å². The Bertz CT molecular complexity index is 589. The quantitative estimate of drug-likeness (QED) is 0.928. The Morgan fingerprint density at radius 2 is 1.60 bits per heavy atom. The van der Waals surface area contributed by atoms with Gasteiger partial charge in [-0.1, -0.05) is 6.07 Å². The van der Waals surface area contributed by atoms with Crippen LogP contribution in [0.25, 0.3) is 11.1 Å². The van der Waals surface area contributed by atoms with Crippen LogP contribution in [0.3, 0.4) is 0 Å². The highest BCUT2D eigenvalue weighted by atomic mass is 19.1. The third kappa shape index (κ3) is 2.91. The Morgan fingerprint density at radius 3 is 2.10 bits per heavy atom. The lowest BCUT2D eigenvalue weighted by molar-refractivity contribution is 0.394. The molecule has 1 atom stereocenters. The lowest BCUT2D eigenvalue weighted by Gasteiger charge is -2.12. The number of rotatable bonds is 4. The smallest absolute Gasteiger partial charge is 0.131 e. The van der Waals surface area contributed by atoms with Crippen LogP contribution in [0.1, 0.15) is 18.5 Å². The molecule has 0 heterocycles. The molecule has 0 saturated carbocycles. The molecule has 0 aliphatic heterocycles. The highest BCUT2D eigenvalue weighted by Gasteiger charge is 2.11. The van der Waals surface area contributed by atoms with Crippen molar-refractivity contribution in [1.29, 1.82) is 0 Å². The third-order valence-electron chi connectivity index (χ3n) is 3.18. The van der Waals surface area contributed by atoms with E-state index in [1.807, 2.05) is 6.92 Å². The first kappa shape index (κ1) is 14.3. The molecule has 106 valence electrons. The Kier molecular flexibility index (Phi) is 4.25. The van der Waals surface area contributed by atoms with Gasteiger partial charge in [0.15, 0.2) is 0 Å². The van der Waals surface area contributed by atoms with Crippen molar-refractivity contribution in [2.24, 2.45) is 5.73 Å². The second kappa shape index (κ2) is 5.92. The van der Waals surface area contributed by atoms with E-state index in [0.29, 0.717) is 22.6 Å². The van der Waals surface area contributed by atoms with Gasteiger partial charge in [0, 0.05) is 17.7 Å². The Hall–Kier alpha value is -2.07. The number of hydrogen-bond donors (Lipinski definition) is 1. The van der Waals surface area contributed by atoms with E-state index in [4.69, 9.17) is 15.2 Å². The van der Waals surface area contributed by atoms with Crippen LogP contribution in [-0.2, 0) is 0 Å². The van der Waals surface area contributed by atoms with Gasteiger partial charge in [0.05, 0.1) is 14.2 Å². The van der Waals surface area contributed by atoms with Gasteiger partial charge in [-0.3, -0.25) is 0 Å². The Morgan fingerprint density at radius 1 is 1.00 bits per heavy atom. The molecule has 2 aromatic carbocycles. The average Bonchev–Trinajstić information content (AvgIpc) is 2.46. The Balaban J connectivity index is 2.57. The highest BCUT2D eigenvalue weighted by Crippen LogP contribution is 2.32. The molecule has 0 spiro atoms. The zero-order valence-corrected chi connectivity index (χ0v) is 11.8. The van der Waals surface area contributed by atoms with E-state index >= 15 is 0 Å². The summed E-state index contributed by atoms with van der Waals surface area (Å²) in [5.41, 5.74) is 7.91. The molecule has 0 aromatic heterocycles. The minimum atomic E-state index is -0.301. The average molecular weight is 275 g/mol. The van der Waals surface area contributed by atoms with E-state index in [1.54, 1.807) is 44.6 Å².